The molecule has 130 valence electrons. The van der Waals surface area contributed by atoms with Gasteiger partial charge < -0.3 is 5.32 Å². The van der Waals surface area contributed by atoms with Crippen molar-refractivity contribution in [1.82, 2.24) is 4.31 Å². The average molecular weight is 487 g/mol. The number of hydrogen-bond acceptors (Lipinski definition) is 4. The van der Waals surface area contributed by atoms with E-state index in [9.17, 15) is 13.2 Å². The van der Waals surface area contributed by atoms with Crippen molar-refractivity contribution < 1.29 is 13.2 Å². The van der Waals surface area contributed by atoms with Crippen LogP contribution in [0.5, 0.6) is 0 Å². The summed E-state index contributed by atoms with van der Waals surface area (Å²) in [7, 11) is -2.50. The minimum Gasteiger partial charge on any atom is -0.324 e. The topological polar surface area (TPSA) is 90.3 Å². The Balaban J connectivity index is 2.11. The number of benzene rings is 2. The predicted octanol–water partition coefficient (Wildman–Crippen LogP) is 3.34. The Hall–Kier alpha value is -1.73. The van der Waals surface area contributed by atoms with E-state index in [1.165, 1.54) is 31.3 Å². The van der Waals surface area contributed by atoms with Gasteiger partial charge in [0.15, 0.2) is 0 Å². The fourth-order valence-electron chi connectivity index (χ4n) is 1.95. The third kappa shape index (κ3) is 4.89. The summed E-state index contributed by atoms with van der Waals surface area (Å²) in [6.07, 6.45) is 0. The van der Waals surface area contributed by atoms with Gasteiger partial charge in [0, 0.05) is 16.0 Å². The van der Waals surface area contributed by atoms with Gasteiger partial charge in [0.25, 0.3) is 0 Å². The molecule has 2 aromatic rings. The van der Waals surface area contributed by atoms with Gasteiger partial charge in [-0.2, -0.15) is 9.57 Å². The quantitative estimate of drug-likeness (QED) is 0.701. The van der Waals surface area contributed by atoms with Gasteiger partial charge >= 0.3 is 0 Å². The van der Waals surface area contributed by atoms with Crippen LogP contribution >= 0.6 is 31.9 Å². The molecule has 9 heteroatoms. The average Bonchev–Trinajstić information content (AvgIpc) is 2.58. The van der Waals surface area contributed by atoms with Crippen molar-refractivity contribution in [2.45, 2.75) is 4.90 Å². The Morgan fingerprint density at radius 3 is 2.44 bits per heavy atom. The zero-order chi connectivity index (χ0) is 18.6. The van der Waals surface area contributed by atoms with E-state index < -0.39 is 15.9 Å². The smallest absolute Gasteiger partial charge is 0.243 e. The number of nitriles is 1. The lowest BCUT2D eigenvalue weighted by molar-refractivity contribution is -0.116. The molecule has 0 bridgehead atoms. The zero-order valence-electron chi connectivity index (χ0n) is 13.0. The monoisotopic (exact) mass is 485 g/mol. The molecule has 2 aromatic carbocycles. The number of nitrogens with zero attached hydrogens (tertiary/aromatic N) is 2. The van der Waals surface area contributed by atoms with E-state index in [2.05, 4.69) is 37.2 Å². The molecule has 0 heterocycles. The second kappa shape index (κ2) is 8.10. The Morgan fingerprint density at radius 2 is 1.84 bits per heavy atom. The van der Waals surface area contributed by atoms with E-state index in [0.29, 0.717) is 15.7 Å². The first kappa shape index (κ1) is 19.6. The highest BCUT2D eigenvalue weighted by Gasteiger charge is 2.23. The van der Waals surface area contributed by atoms with Crippen LogP contribution in [0.4, 0.5) is 5.69 Å². The van der Waals surface area contributed by atoms with Crippen LogP contribution in [0.25, 0.3) is 0 Å². The summed E-state index contributed by atoms with van der Waals surface area (Å²) >= 11 is 6.63. The molecule has 0 aliphatic carbocycles. The molecule has 1 amide bonds. The van der Waals surface area contributed by atoms with Gasteiger partial charge in [-0.3, -0.25) is 4.79 Å². The van der Waals surface area contributed by atoms with Crippen molar-refractivity contribution >= 4 is 53.5 Å². The highest BCUT2D eigenvalue weighted by molar-refractivity contribution is 9.11. The van der Waals surface area contributed by atoms with Gasteiger partial charge in [-0.15, -0.1) is 0 Å². The molecule has 0 spiro atoms. The lowest BCUT2D eigenvalue weighted by Gasteiger charge is -2.17. The molecule has 0 aromatic heterocycles. The first-order valence-electron chi connectivity index (χ1n) is 6.95. The maximum atomic E-state index is 12.5. The third-order valence-electron chi connectivity index (χ3n) is 3.26. The van der Waals surface area contributed by atoms with Crippen LogP contribution in [0, 0.1) is 11.3 Å². The maximum absolute atomic E-state index is 12.5. The van der Waals surface area contributed by atoms with Crippen molar-refractivity contribution in [3.8, 4) is 6.07 Å². The number of amides is 1. The normalized spacial score (nSPS) is 11.2. The van der Waals surface area contributed by atoms with Crippen LogP contribution in [0.2, 0.25) is 0 Å². The molecule has 1 N–H and O–H groups in total. The summed E-state index contributed by atoms with van der Waals surface area (Å²) in [5, 5.41) is 11.4. The second-order valence-corrected chi connectivity index (χ2v) is 8.88. The van der Waals surface area contributed by atoms with Gasteiger partial charge in [-0.25, -0.2) is 8.42 Å². The second-order valence-electron chi connectivity index (χ2n) is 5.07. The number of halogens is 2. The summed E-state index contributed by atoms with van der Waals surface area (Å²) in [5.74, 6) is -0.474. The largest absolute Gasteiger partial charge is 0.324 e. The molecule has 0 aliphatic rings. The standard InChI is InChI=1S/C16H13Br2N3O3S/c1-21(25(23,24)13-5-2-11(9-19)3-6-13)10-16(22)20-15-8-12(17)4-7-14(15)18/h2-8H,10H2,1H3,(H,20,22). The molecule has 0 fully saturated rings. The van der Waals surface area contributed by atoms with E-state index in [4.69, 9.17) is 5.26 Å². The van der Waals surface area contributed by atoms with Gasteiger partial charge in [0.1, 0.15) is 0 Å². The zero-order valence-corrected chi connectivity index (χ0v) is 17.0. The van der Waals surface area contributed by atoms with E-state index in [0.717, 1.165) is 8.78 Å². The molecule has 0 saturated carbocycles. The molecular weight excluding hydrogens is 474 g/mol. The van der Waals surface area contributed by atoms with Crippen LogP contribution in [-0.2, 0) is 14.8 Å². The van der Waals surface area contributed by atoms with Crippen LogP contribution in [0.1, 0.15) is 5.56 Å². The van der Waals surface area contributed by atoms with Crippen molar-refractivity contribution in [3.63, 3.8) is 0 Å². The van der Waals surface area contributed by atoms with Crippen molar-refractivity contribution in [2.24, 2.45) is 0 Å². The Kier molecular flexibility index (Phi) is 6.35. The number of rotatable bonds is 5. The van der Waals surface area contributed by atoms with Crippen LogP contribution < -0.4 is 5.32 Å². The summed E-state index contributed by atoms with van der Waals surface area (Å²) in [4.78, 5) is 12.2. The number of likely N-dealkylation sites (N-methyl/N-ethyl adjacent to an activating group) is 1. The molecule has 2 rings (SSSR count). The third-order valence-corrected chi connectivity index (χ3v) is 6.26. The molecule has 0 saturated heterocycles. The molecule has 0 atom stereocenters. The Bertz CT molecular complexity index is 938. The first-order chi connectivity index (χ1) is 11.7. The fourth-order valence-corrected chi connectivity index (χ4v) is 3.79. The summed E-state index contributed by atoms with van der Waals surface area (Å²) < 4.78 is 27.4. The Morgan fingerprint density at radius 1 is 1.20 bits per heavy atom. The van der Waals surface area contributed by atoms with E-state index in [1.807, 2.05) is 6.07 Å². The molecule has 6 nitrogen and oxygen atoms in total. The molecule has 0 radical (unpaired) electrons. The van der Waals surface area contributed by atoms with Crippen LogP contribution in [-0.4, -0.2) is 32.2 Å². The van der Waals surface area contributed by atoms with Crippen molar-refractivity contribution in [2.75, 3.05) is 18.9 Å². The maximum Gasteiger partial charge on any atom is 0.243 e. The van der Waals surface area contributed by atoms with Crippen LogP contribution in [0.3, 0.4) is 0 Å². The molecule has 0 aliphatic heterocycles. The lowest BCUT2D eigenvalue weighted by Crippen LogP contribution is -2.35. The van der Waals surface area contributed by atoms with Crippen molar-refractivity contribution in [3.05, 3.63) is 57.0 Å². The van der Waals surface area contributed by atoms with Crippen molar-refractivity contribution in [1.29, 1.82) is 5.26 Å². The van der Waals surface area contributed by atoms with Gasteiger partial charge in [-0.05, 0) is 58.4 Å². The first-order valence-corrected chi connectivity index (χ1v) is 9.98. The minimum atomic E-state index is -3.83. The van der Waals surface area contributed by atoms with Gasteiger partial charge in [0.2, 0.25) is 15.9 Å². The highest BCUT2D eigenvalue weighted by atomic mass is 79.9. The number of carbonyl (C=O) groups is 1. The molecular formula is C16H13Br2N3O3S. The number of anilines is 1. The fraction of sp³-hybridized carbons (Fsp3) is 0.125. The SMILES string of the molecule is CN(CC(=O)Nc1cc(Br)ccc1Br)S(=O)(=O)c1ccc(C#N)cc1. The molecule has 25 heavy (non-hydrogen) atoms. The minimum absolute atomic E-state index is 0.0189. The van der Waals surface area contributed by atoms with E-state index >= 15 is 0 Å². The van der Waals surface area contributed by atoms with Gasteiger partial charge in [-0.1, -0.05) is 15.9 Å². The number of hydrogen-bond donors (Lipinski definition) is 1. The predicted molar refractivity (Wildman–Crippen MR) is 101 cm³/mol. The molecule has 0 unspecified atom stereocenters. The lowest BCUT2D eigenvalue weighted by atomic mass is 10.2. The van der Waals surface area contributed by atoms with Gasteiger partial charge in [0.05, 0.1) is 28.8 Å². The number of sulfonamides is 1. The summed E-state index contributed by atoms with van der Waals surface area (Å²) in [6.45, 7) is -0.346. The van der Waals surface area contributed by atoms with E-state index in [1.54, 1.807) is 18.2 Å². The van der Waals surface area contributed by atoms with Crippen LogP contribution in [0.15, 0.2) is 56.3 Å². The number of carbonyl (C=O) groups excluding carboxylic acids is 1. The summed E-state index contributed by atoms with van der Waals surface area (Å²) in [5.41, 5.74) is 0.891. The number of nitrogens with one attached hydrogen (secondary N) is 1. The highest BCUT2D eigenvalue weighted by Crippen LogP contribution is 2.26. The summed E-state index contributed by atoms with van der Waals surface area (Å²) in [6, 6.07) is 12.7. The van der Waals surface area contributed by atoms with E-state index in [-0.39, 0.29) is 11.4 Å². The Labute approximate surface area is 162 Å².